The number of aromatic nitrogens is 2. The predicted octanol–water partition coefficient (Wildman–Crippen LogP) is 2.17. The molecule has 0 aromatic carbocycles. The zero-order valence-corrected chi connectivity index (χ0v) is 7.88. The van der Waals surface area contributed by atoms with Crippen LogP contribution in [-0.2, 0) is 13.6 Å². The standard InChI is InChI=1S/C9H12F3N2/c1-13-5-6-14(7-13)4-2-3-8(10)9(11)12/h5-7H,2-4H2,1H3/q+1. The van der Waals surface area contributed by atoms with Crippen LogP contribution in [0, 0.1) is 0 Å². The second-order valence-corrected chi connectivity index (χ2v) is 3.09. The van der Waals surface area contributed by atoms with Crippen LogP contribution in [0.3, 0.4) is 0 Å². The summed E-state index contributed by atoms with van der Waals surface area (Å²) in [6, 6.07) is 0. The molecule has 0 saturated heterocycles. The van der Waals surface area contributed by atoms with Crippen LogP contribution in [0.1, 0.15) is 12.8 Å². The van der Waals surface area contributed by atoms with E-state index in [4.69, 9.17) is 0 Å². The first-order valence-corrected chi connectivity index (χ1v) is 4.30. The van der Waals surface area contributed by atoms with Crippen molar-refractivity contribution in [2.45, 2.75) is 19.4 Å². The molecule has 0 aliphatic heterocycles. The van der Waals surface area contributed by atoms with Gasteiger partial charge in [0.1, 0.15) is 12.4 Å². The van der Waals surface area contributed by atoms with Gasteiger partial charge in [-0.1, -0.05) is 0 Å². The third kappa shape index (κ3) is 3.24. The van der Waals surface area contributed by atoms with Crippen molar-refractivity contribution in [2.75, 3.05) is 0 Å². The largest absolute Gasteiger partial charge is 0.301 e. The summed E-state index contributed by atoms with van der Waals surface area (Å²) in [7, 11) is 1.86. The van der Waals surface area contributed by atoms with Crippen molar-refractivity contribution < 1.29 is 17.7 Å². The van der Waals surface area contributed by atoms with E-state index < -0.39 is 11.9 Å². The average molecular weight is 205 g/mol. The quantitative estimate of drug-likeness (QED) is 0.666. The van der Waals surface area contributed by atoms with Crippen LogP contribution in [0.5, 0.6) is 0 Å². The fraction of sp³-hybridized carbons (Fsp3) is 0.444. The molecule has 0 atom stereocenters. The Hall–Kier alpha value is -1.26. The highest BCUT2D eigenvalue weighted by Gasteiger charge is 2.06. The second kappa shape index (κ2) is 4.83. The van der Waals surface area contributed by atoms with Gasteiger partial charge in [-0.05, 0) is 6.42 Å². The van der Waals surface area contributed by atoms with Gasteiger partial charge in [0.25, 0.3) is 0 Å². The van der Waals surface area contributed by atoms with Crippen LogP contribution >= 0.6 is 0 Å². The first-order valence-electron chi connectivity index (χ1n) is 4.30. The number of imidazole rings is 1. The van der Waals surface area contributed by atoms with Crippen molar-refractivity contribution in [1.29, 1.82) is 0 Å². The lowest BCUT2D eigenvalue weighted by Gasteiger charge is -1.95. The Kier molecular flexibility index (Phi) is 3.73. The van der Waals surface area contributed by atoms with Gasteiger partial charge in [0.2, 0.25) is 6.33 Å². The summed E-state index contributed by atoms with van der Waals surface area (Å²) >= 11 is 0. The number of rotatable bonds is 4. The lowest BCUT2D eigenvalue weighted by Crippen LogP contribution is -2.23. The van der Waals surface area contributed by atoms with Crippen LogP contribution in [-0.4, -0.2) is 4.57 Å². The van der Waals surface area contributed by atoms with Crippen molar-refractivity contribution in [3.63, 3.8) is 0 Å². The SMILES string of the molecule is C[n+]1ccn(CCCC(F)=C(F)F)c1. The first-order chi connectivity index (χ1) is 6.59. The number of aryl methyl sites for hydroxylation is 2. The van der Waals surface area contributed by atoms with Gasteiger partial charge in [-0.25, -0.2) is 13.5 Å². The molecule has 1 aromatic rings. The Balaban J connectivity index is 2.32. The molecule has 78 valence electrons. The zero-order valence-electron chi connectivity index (χ0n) is 7.88. The molecule has 1 rings (SSSR count). The monoisotopic (exact) mass is 205 g/mol. The zero-order chi connectivity index (χ0) is 10.6. The predicted molar refractivity (Wildman–Crippen MR) is 45.2 cm³/mol. The Morgan fingerprint density at radius 1 is 1.36 bits per heavy atom. The molecule has 0 spiro atoms. The van der Waals surface area contributed by atoms with E-state index >= 15 is 0 Å². The maximum atomic E-state index is 12.3. The third-order valence-corrected chi connectivity index (χ3v) is 1.84. The van der Waals surface area contributed by atoms with Gasteiger partial charge < -0.3 is 0 Å². The maximum Gasteiger partial charge on any atom is 0.301 e. The second-order valence-electron chi connectivity index (χ2n) is 3.09. The highest BCUT2D eigenvalue weighted by Crippen LogP contribution is 2.15. The number of allylic oxidation sites excluding steroid dienone is 1. The fourth-order valence-electron chi connectivity index (χ4n) is 1.15. The molecular weight excluding hydrogens is 193 g/mol. The molecule has 0 N–H and O–H groups in total. The van der Waals surface area contributed by atoms with Gasteiger partial charge in [0.05, 0.1) is 13.6 Å². The molecule has 0 aliphatic carbocycles. The molecule has 0 saturated carbocycles. The van der Waals surface area contributed by atoms with E-state index in [2.05, 4.69) is 0 Å². The Labute approximate surface area is 80.3 Å². The maximum absolute atomic E-state index is 12.3. The van der Waals surface area contributed by atoms with Crippen LogP contribution in [0.4, 0.5) is 13.2 Å². The van der Waals surface area contributed by atoms with E-state index in [1.54, 1.807) is 0 Å². The summed E-state index contributed by atoms with van der Waals surface area (Å²) in [5.41, 5.74) is 0. The molecular formula is C9H12F3N2+. The molecule has 1 heterocycles. The minimum atomic E-state index is -2.21. The lowest BCUT2D eigenvalue weighted by atomic mass is 10.3. The van der Waals surface area contributed by atoms with Gasteiger partial charge in [0, 0.05) is 6.42 Å². The summed E-state index contributed by atoms with van der Waals surface area (Å²) in [4.78, 5) is 0. The smallest absolute Gasteiger partial charge is 0.240 e. The molecule has 0 radical (unpaired) electrons. The van der Waals surface area contributed by atoms with E-state index in [1.807, 2.05) is 34.9 Å². The summed E-state index contributed by atoms with van der Waals surface area (Å²) < 4.78 is 39.3. The topological polar surface area (TPSA) is 8.81 Å². The van der Waals surface area contributed by atoms with Crippen molar-refractivity contribution in [3.05, 3.63) is 30.6 Å². The summed E-state index contributed by atoms with van der Waals surface area (Å²) in [5.74, 6) is -1.30. The van der Waals surface area contributed by atoms with E-state index in [0.717, 1.165) is 0 Å². The first kappa shape index (κ1) is 10.8. The molecule has 2 nitrogen and oxygen atoms in total. The third-order valence-electron chi connectivity index (χ3n) is 1.84. The van der Waals surface area contributed by atoms with Crippen molar-refractivity contribution in [1.82, 2.24) is 4.57 Å². The van der Waals surface area contributed by atoms with E-state index in [-0.39, 0.29) is 6.42 Å². The van der Waals surface area contributed by atoms with Gasteiger partial charge in [-0.2, -0.15) is 8.78 Å². The number of hydrogen-bond donors (Lipinski definition) is 0. The fourth-order valence-corrected chi connectivity index (χ4v) is 1.15. The summed E-state index contributed by atoms with van der Waals surface area (Å²) in [6.07, 6.45) is 3.42. The Morgan fingerprint density at radius 2 is 2.07 bits per heavy atom. The average Bonchev–Trinajstić information content (AvgIpc) is 2.51. The van der Waals surface area contributed by atoms with Crippen LogP contribution in [0.2, 0.25) is 0 Å². The molecule has 0 aliphatic rings. The van der Waals surface area contributed by atoms with Gasteiger partial charge in [0.15, 0.2) is 5.83 Å². The van der Waals surface area contributed by atoms with Gasteiger partial charge in [-0.15, -0.1) is 0 Å². The lowest BCUT2D eigenvalue weighted by molar-refractivity contribution is -0.671. The van der Waals surface area contributed by atoms with Crippen LogP contribution in [0.25, 0.3) is 0 Å². The van der Waals surface area contributed by atoms with E-state index in [1.165, 1.54) is 0 Å². The molecule has 0 unspecified atom stereocenters. The van der Waals surface area contributed by atoms with Crippen LogP contribution < -0.4 is 4.57 Å². The van der Waals surface area contributed by atoms with Gasteiger partial charge >= 0.3 is 6.08 Å². The molecule has 14 heavy (non-hydrogen) atoms. The normalized spacial score (nSPS) is 10.3. The minimum absolute atomic E-state index is 0.204. The van der Waals surface area contributed by atoms with Crippen molar-refractivity contribution in [2.24, 2.45) is 7.05 Å². The number of nitrogens with zero attached hydrogens (tertiary/aromatic N) is 2. The molecule has 1 aromatic heterocycles. The number of hydrogen-bond acceptors (Lipinski definition) is 0. The minimum Gasteiger partial charge on any atom is -0.240 e. The molecule has 0 amide bonds. The Bertz CT molecular complexity index is 327. The summed E-state index contributed by atoms with van der Waals surface area (Å²) in [6.45, 7) is 0.543. The highest BCUT2D eigenvalue weighted by molar-refractivity contribution is 4.90. The molecule has 0 fully saturated rings. The Morgan fingerprint density at radius 3 is 2.57 bits per heavy atom. The van der Waals surface area contributed by atoms with Gasteiger partial charge in [-0.3, -0.25) is 0 Å². The van der Waals surface area contributed by atoms with Crippen molar-refractivity contribution in [3.8, 4) is 0 Å². The summed E-state index contributed by atoms with van der Waals surface area (Å²) in [5, 5.41) is 0. The molecule has 5 heteroatoms. The van der Waals surface area contributed by atoms with E-state index in [0.29, 0.717) is 13.0 Å². The molecule has 0 bridgehead atoms. The van der Waals surface area contributed by atoms with Crippen molar-refractivity contribution >= 4 is 0 Å². The van der Waals surface area contributed by atoms with Crippen LogP contribution in [0.15, 0.2) is 30.6 Å². The van der Waals surface area contributed by atoms with E-state index in [9.17, 15) is 13.2 Å². The number of halogens is 3. The highest BCUT2D eigenvalue weighted by atomic mass is 19.3.